The molecular formula is C53H54N2O10. The lowest BCUT2D eigenvalue weighted by molar-refractivity contribution is -0.279. The first kappa shape index (κ1) is 47.2. The van der Waals surface area contributed by atoms with Crippen LogP contribution in [0.1, 0.15) is 91.7 Å². The molecule has 336 valence electrons. The Bertz CT molecular complexity index is 2470. The van der Waals surface area contributed by atoms with Gasteiger partial charge >= 0.3 is 23.9 Å². The molecule has 5 aromatic rings. The molecule has 3 N–H and O–H groups in total. The molecule has 1 saturated heterocycles. The fraction of sp³-hybridized carbons (Fsp3) is 0.264. The maximum Gasteiger partial charge on any atom is 0.338 e. The average Bonchev–Trinajstić information content (AvgIpc) is 3.33. The molecule has 12 nitrogen and oxygen atoms in total. The number of carbonyl (C=O) groups excluding carboxylic acids is 4. The zero-order valence-corrected chi connectivity index (χ0v) is 36.9. The lowest BCUT2D eigenvalue weighted by Gasteiger charge is -2.44. The quantitative estimate of drug-likeness (QED) is 0.0394. The van der Waals surface area contributed by atoms with Crippen molar-refractivity contribution < 1.29 is 47.6 Å². The summed E-state index contributed by atoms with van der Waals surface area (Å²) < 4.78 is 37.2. The average molecular weight is 879 g/mol. The SMILES string of the molecule is CCC/C=C/c1ccc(C/C(C(=N)O[C@@H]2O[C@H](COC(=O)c3ccccc3)[C@@H](OC(=O)c3ccccc3)[C@H](OC(=O)c3ccccc3)[C@H]2OC(=O)c2ccccc2)=C(/N)C(C)C)c(C)c1. The number of carbonyl (C=O) groups is 4. The van der Waals surface area contributed by atoms with E-state index in [2.05, 4.69) is 25.1 Å². The fourth-order valence-corrected chi connectivity index (χ4v) is 7.07. The minimum Gasteiger partial charge on any atom is -0.459 e. The van der Waals surface area contributed by atoms with Crippen LogP contribution < -0.4 is 5.73 Å². The number of hydrogen-bond donors (Lipinski definition) is 2. The number of aryl methyl sites for hydroxylation is 1. The Kier molecular flexibility index (Phi) is 16.6. The molecule has 0 amide bonds. The molecule has 0 aliphatic carbocycles. The number of unbranched alkanes of at least 4 members (excludes halogenated alkanes) is 1. The molecule has 0 radical (unpaired) electrons. The summed E-state index contributed by atoms with van der Waals surface area (Å²) in [5, 5.41) is 9.51. The topological polar surface area (TPSA) is 174 Å². The van der Waals surface area contributed by atoms with Crippen molar-refractivity contribution in [3.63, 3.8) is 0 Å². The summed E-state index contributed by atoms with van der Waals surface area (Å²) in [6, 6.07) is 38.5. The zero-order chi connectivity index (χ0) is 46.3. The van der Waals surface area contributed by atoms with Crippen LogP contribution in [-0.2, 0) is 34.8 Å². The molecule has 0 aromatic heterocycles. The summed E-state index contributed by atoms with van der Waals surface area (Å²) in [5.74, 6) is -3.92. The van der Waals surface area contributed by atoms with Crippen LogP contribution in [0.3, 0.4) is 0 Å². The van der Waals surface area contributed by atoms with Gasteiger partial charge in [-0.05, 0) is 84.5 Å². The van der Waals surface area contributed by atoms with E-state index in [-0.39, 0.29) is 34.6 Å². The molecule has 0 unspecified atom stereocenters. The first-order valence-corrected chi connectivity index (χ1v) is 21.6. The first-order chi connectivity index (χ1) is 31.4. The van der Waals surface area contributed by atoms with Gasteiger partial charge in [-0.15, -0.1) is 0 Å². The van der Waals surface area contributed by atoms with Crippen LogP contribution in [0, 0.1) is 18.3 Å². The van der Waals surface area contributed by atoms with Gasteiger partial charge in [-0.1, -0.05) is 130 Å². The van der Waals surface area contributed by atoms with E-state index >= 15 is 0 Å². The predicted octanol–water partition coefficient (Wildman–Crippen LogP) is 9.47. The van der Waals surface area contributed by atoms with E-state index in [0.717, 1.165) is 29.5 Å². The van der Waals surface area contributed by atoms with E-state index in [0.29, 0.717) is 11.3 Å². The summed E-state index contributed by atoms with van der Waals surface area (Å²) in [6.07, 6.45) is -1.71. The maximum atomic E-state index is 14.1. The highest BCUT2D eigenvalue weighted by atomic mass is 16.7. The highest BCUT2D eigenvalue weighted by molar-refractivity contribution is 5.93. The van der Waals surface area contributed by atoms with E-state index < -0.39 is 67.1 Å². The Morgan fingerprint density at radius 1 is 0.662 bits per heavy atom. The Morgan fingerprint density at radius 3 is 1.62 bits per heavy atom. The maximum absolute atomic E-state index is 14.1. The molecule has 1 fully saturated rings. The van der Waals surface area contributed by atoms with Crippen LogP contribution in [0.4, 0.5) is 0 Å². The van der Waals surface area contributed by atoms with Crippen LogP contribution in [0.15, 0.2) is 157 Å². The lowest BCUT2D eigenvalue weighted by atomic mass is 9.94. The second-order valence-electron chi connectivity index (χ2n) is 15.8. The van der Waals surface area contributed by atoms with Gasteiger partial charge in [0.15, 0.2) is 12.2 Å². The van der Waals surface area contributed by atoms with Crippen LogP contribution in [0.2, 0.25) is 0 Å². The van der Waals surface area contributed by atoms with Crippen LogP contribution in [0.25, 0.3) is 6.08 Å². The van der Waals surface area contributed by atoms with Crippen LogP contribution in [-0.4, -0.2) is 67.1 Å². The molecule has 1 aliphatic rings. The van der Waals surface area contributed by atoms with E-state index in [1.165, 1.54) is 36.4 Å². The molecule has 0 spiro atoms. The van der Waals surface area contributed by atoms with Gasteiger partial charge < -0.3 is 34.2 Å². The van der Waals surface area contributed by atoms with E-state index in [9.17, 15) is 24.6 Å². The standard InChI is InChI=1S/C53H54N2O10/c1-5-6-11-20-36-29-30-41(35(4)31-36)32-42(44(54)34(2)3)48(55)65-53-47(64-52(59)40-27-18-10-19-28-40)46(63-51(58)39-25-16-9-17-26-39)45(62-50(57)38-23-14-8-15-24-38)43(61-53)33-60-49(56)37-21-12-7-13-22-37/h7-31,34,43,45-47,53,55H,5-6,32-33,54H2,1-4H3/b20-11+,44-42-,55-48?/t43-,45-,46+,47-,53+/m1/s1. The number of nitrogens with one attached hydrogen (secondary N) is 1. The molecule has 0 bridgehead atoms. The molecule has 1 heterocycles. The van der Waals surface area contributed by atoms with Crippen molar-refractivity contribution in [2.45, 2.75) is 77.7 Å². The summed E-state index contributed by atoms with van der Waals surface area (Å²) >= 11 is 0. The first-order valence-electron chi connectivity index (χ1n) is 21.6. The molecule has 12 heteroatoms. The third-order valence-electron chi connectivity index (χ3n) is 10.7. The largest absolute Gasteiger partial charge is 0.459 e. The summed E-state index contributed by atoms with van der Waals surface area (Å²) in [4.78, 5) is 55.4. The van der Waals surface area contributed by atoms with Crippen molar-refractivity contribution in [1.82, 2.24) is 0 Å². The van der Waals surface area contributed by atoms with Gasteiger partial charge in [0.1, 0.15) is 12.7 Å². The second-order valence-corrected chi connectivity index (χ2v) is 15.8. The Morgan fingerprint density at radius 2 is 1.14 bits per heavy atom. The minimum absolute atomic E-state index is 0.134. The van der Waals surface area contributed by atoms with Gasteiger partial charge in [0.2, 0.25) is 18.3 Å². The highest BCUT2D eigenvalue weighted by Crippen LogP contribution is 2.33. The molecule has 5 atom stereocenters. The third-order valence-corrected chi connectivity index (χ3v) is 10.7. The third kappa shape index (κ3) is 12.7. The minimum atomic E-state index is -1.72. The Labute approximate surface area is 379 Å². The van der Waals surface area contributed by atoms with Crippen molar-refractivity contribution in [2.24, 2.45) is 11.7 Å². The lowest BCUT2D eigenvalue weighted by Crippen LogP contribution is -2.63. The normalized spacial score (nSPS) is 18.6. The van der Waals surface area contributed by atoms with Gasteiger partial charge in [-0.3, -0.25) is 5.41 Å². The number of rotatable bonds is 17. The Hall–Kier alpha value is -7.31. The molecule has 5 aromatic carbocycles. The Balaban J connectivity index is 1.44. The van der Waals surface area contributed by atoms with Crippen molar-refractivity contribution in [3.05, 3.63) is 196 Å². The summed E-state index contributed by atoms with van der Waals surface area (Å²) in [6.45, 7) is 7.32. The van der Waals surface area contributed by atoms with Gasteiger partial charge in [-0.25, -0.2) is 19.2 Å². The van der Waals surface area contributed by atoms with E-state index in [4.69, 9.17) is 34.2 Å². The molecule has 1 aliphatic heterocycles. The highest BCUT2D eigenvalue weighted by Gasteiger charge is 2.54. The van der Waals surface area contributed by atoms with Crippen molar-refractivity contribution in [3.8, 4) is 0 Å². The number of benzene rings is 5. The van der Waals surface area contributed by atoms with Gasteiger partial charge in [0.25, 0.3) is 0 Å². The summed E-state index contributed by atoms with van der Waals surface area (Å²) in [5.41, 5.74) is 11.0. The molecule has 6 rings (SSSR count). The smallest absolute Gasteiger partial charge is 0.338 e. The second kappa shape index (κ2) is 22.9. The van der Waals surface area contributed by atoms with Crippen molar-refractivity contribution in [1.29, 1.82) is 5.41 Å². The predicted molar refractivity (Wildman–Crippen MR) is 246 cm³/mol. The van der Waals surface area contributed by atoms with Crippen molar-refractivity contribution >= 4 is 35.9 Å². The number of allylic oxidation sites excluding steroid dienone is 2. The van der Waals surface area contributed by atoms with Crippen LogP contribution >= 0.6 is 0 Å². The van der Waals surface area contributed by atoms with Crippen LogP contribution in [0.5, 0.6) is 0 Å². The summed E-state index contributed by atoms with van der Waals surface area (Å²) in [7, 11) is 0. The number of hydrogen-bond acceptors (Lipinski definition) is 12. The monoisotopic (exact) mass is 878 g/mol. The van der Waals surface area contributed by atoms with Gasteiger partial charge in [-0.2, -0.15) is 0 Å². The van der Waals surface area contributed by atoms with Gasteiger partial charge in [0.05, 0.1) is 22.3 Å². The number of nitrogens with two attached hydrogens (primary N) is 1. The molecule has 65 heavy (non-hydrogen) atoms. The molecule has 0 saturated carbocycles. The number of ether oxygens (including phenoxy) is 6. The van der Waals surface area contributed by atoms with Crippen molar-refractivity contribution in [2.75, 3.05) is 6.61 Å². The fourth-order valence-electron chi connectivity index (χ4n) is 7.07. The van der Waals surface area contributed by atoms with E-state index in [1.54, 1.807) is 84.9 Å². The number of esters is 4. The van der Waals surface area contributed by atoms with Gasteiger partial charge in [0, 0.05) is 17.7 Å². The zero-order valence-electron chi connectivity index (χ0n) is 36.9. The molecular weight excluding hydrogens is 825 g/mol. The van der Waals surface area contributed by atoms with E-state index in [1.807, 2.05) is 32.9 Å².